The molecule has 0 heterocycles. The zero-order valence-corrected chi connectivity index (χ0v) is 12.8. The largest absolute Gasteiger partial charge is 0.338 e. The average Bonchev–Trinajstić information content (AvgIpc) is 2.36. The fourth-order valence-corrected chi connectivity index (χ4v) is 2.38. The minimum absolute atomic E-state index is 0.0406. The monoisotopic (exact) mass is 282 g/mol. The van der Waals surface area contributed by atoms with Crippen LogP contribution in [0.2, 0.25) is 5.02 Å². The molecule has 4 heteroatoms. The highest BCUT2D eigenvalue weighted by atomic mass is 35.5. The fourth-order valence-electron chi connectivity index (χ4n) is 2.08. The Kier molecular flexibility index (Phi) is 5.83. The quantitative estimate of drug-likeness (QED) is 0.901. The van der Waals surface area contributed by atoms with E-state index in [-0.39, 0.29) is 11.9 Å². The Morgan fingerprint density at radius 2 is 1.89 bits per heavy atom. The van der Waals surface area contributed by atoms with E-state index in [0.717, 1.165) is 5.56 Å². The van der Waals surface area contributed by atoms with Crippen LogP contribution in [0.4, 0.5) is 0 Å². The Bertz CT molecular complexity index is 434. The summed E-state index contributed by atoms with van der Waals surface area (Å²) in [5.41, 5.74) is 6.89. The molecule has 19 heavy (non-hydrogen) atoms. The predicted molar refractivity (Wildman–Crippen MR) is 80.1 cm³/mol. The second-order valence-corrected chi connectivity index (χ2v) is 5.79. The number of nitrogens with two attached hydrogens (primary N) is 1. The van der Waals surface area contributed by atoms with E-state index in [1.807, 2.05) is 31.2 Å². The van der Waals surface area contributed by atoms with Crippen molar-refractivity contribution in [2.75, 3.05) is 7.05 Å². The zero-order valence-electron chi connectivity index (χ0n) is 12.1. The van der Waals surface area contributed by atoms with Crippen LogP contribution in [-0.2, 0) is 4.79 Å². The van der Waals surface area contributed by atoms with Gasteiger partial charge in [-0.25, -0.2) is 0 Å². The number of carbonyl (C=O) groups excluding carboxylic acids is 1. The van der Waals surface area contributed by atoms with Gasteiger partial charge in [0.2, 0.25) is 5.91 Å². The van der Waals surface area contributed by atoms with Crippen LogP contribution >= 0.6 is 11.6 Å². The van der Waals surface area contributed by atoms with Crippen LogP contribution < -0.4 is 5.73 Å². The summed E-state index contributed by atoms with van der Waals surface area (Å²) in [4.78, 5) is 13.9. The lowest BCUT2D eigenvalue weighted by molar-refractivity contribution is -0.133. The SMILES string of the molecule is CC(C)C[C@@H](N)C(=O)N(C)C(C)c1ccccc1Cl. The van der Waals surface area contributed by atoms with E-state index in [4.69, 9.17) is 17.3 Å². The molecule has 1 unspecified atom stereocenters. The van der Waals surface area contributed by atoms with Crippen molar-refractivity contribution in [1.82, 2.24) is 4.90 Å². The van der Waals surface area contributed by atoms with Gasteiger partial charge in [0.25, 0.3) is 0 Å². The van der Waals surface area contributed by atoms with E-state index in [9.17, 15) is 4.79 Å². The summed E-state index contributed by atoms with van der Waals surface area (Å²) in [6.07, 6.45) is 0.693. The standard InChI is InChI=1S/C15H23ClN2O/c1-10(2)9-14(17)15(19)18(4)11(3)12-7-5-6-8-13(12)16/h5-8,10-11,14H,9,17H2,1-4H3/t11?,14-/m1/s1. The summed E-state index contributed by atoms with van der Waals surface area (Å²) < 4.78 is 0. The highest BCUT2D eigenvalue weighted by Gasteiger charge is 2.24. The van der Waals surface area contributed by atoms with Gasteiger partial charge in [-0.15, -0.1) is 0 Å². The molecule has 0 radical (unpaired) electrons. The van der Waals surface area contributed by atoms with Crippen LogP contribution in [0.5, 0.6) is 0 Å². The highest BCUT2D eigenvalue weighted by molar-refractivity contribution is 6.31. The molecule has 0 spiro atoms. The molecule has 0 fully saturated rings. The Morgan fingerprint density at radius 1 is 1.32 bits per heavy atom. The number of amides is 1. The Morgan fingerprint density at radius 3 is 2.42 bits per heavy atom. The predicted octanol–water partition coefficient (Wildman–Crippen LogP) is 3.23. The first-order valence-corrected chi connectivity index (χ1v) is 6.99. The second-order valence-electron chi connectivity index (χ2n) is 5.38. The third-order valence-corrected chi connectivity index (χ3v) is 3.67. The fraction of sp³-hybridized carbons (Fsp3) is 0.533. The van der Waals surface area contributed by atoms with Crippen molar-refractivity contribution < 1.29 is 4.79 Å². The van der Waals surface area contributed by atoms with Gasteiger partial charge in [-0.05, 0) is 30.9 Å². The number of halogens is 1. The van der Waals surface area contributed by atoms with Gasteiger partial charge in [0, 0.05) is 12.1 Å². The van der Waals surface area contributed by atoms with Crippen LogP contribution in [0.3, 0.4) is 0 Å². The lowest BCUT2D eigenvalue weighted by Gasteiger charge is -2.29. The number of rotatable bonds is 5. The van der Waals surface area contributed by atoms with Crippen LogP contribution in [0, 0.1) is 5.92 Å². The summed E-state index contributed by atoms with van der Waals surface area (Å²) >= 11 is 6.16. The molecular formula is C15H23ClN2O. The topological polar surface area (TPSA) is 46.3 Å². The second kappa shape index (κ2) is 6.92. The first-order valence-electron chi connectivity index (χ1n) is 6.61. The number of nitrogens with zero attached hydrogens (tertiary/aromatic N) is 1. The lowest BCUT2D eigenvalue weighted by Crippen LogP contribution is -2.43. The molecule has 2 atom stereocenters. The molecule has 0 aliphatic carbocycles. The maximum Gasteiger partial charge on any atom is 0.239 e. The molecule has 0 saturated heterocycles. The normalized spacial score (nSPS) is 14.3. The van der Waals surface area contributed by atoms with E-state index >= 15 is 0 Å². The van der Waals surface area contributed by atoms with E-state index < -0.39 is 6.04 Å². The van der Waals surface area contributed by atoms with E-state index in [1.165, 1.54) is 0 Å². The maximum absolute atomic E-state index is 12.3. The van der Waals surface area contributed by atoms with E-state index in [0.29, 0.717) is 17.4 Å². The van der Waals surface area contributed by atoms with Crippen LogP contribution in [-0.4, -0.2) is 23.9 Å². The van der Waals surface area contributed by atoms with Crippen molar-refractivity contribution in [3.8, 4) is 0 Å². The van der Waals surface area contributed by atoms with Gasteiger partial charge in [0.15, 0.2) is 0 Å². The van der Waals surface area contributed by atoms with E-state index in [1.54, 1.807) is 11.9 Å². The molecule has 0 bridgehead atoms. The van der Waals surface area contributed by atoms with Crippen LogP contribution in [0.25, 0.3) is 0 Å². The molecule has 3 nitrogen and oxygen atoms in total. The zero-order chi connectivity index (χ0) is 14.6. The van der Waals surface area contributed by atoms with Crippen molar-refractivity contribution in [2.24, 2.45) is 11.7 Å². The molecular weight excluding hydrogens is 260 g/mol. The van der Waals surface area contributed by atoms with Crippen molar-refractivity contribution in [3.05, 3.63) is 34.9 Å². The third-order valence-electron chi connectivity index (χ3n) is 3.33. The summed E-state index contributed by atoms with van der Waals surface area (Å²) in [5.74, 6) is 0.365. The highest BCUT2D eigenvalue weighted by Crippen LogP contribution is 2.26. The molecule has 2 N–H and O–H groups in total. The number of hydrogen-bond donors (Lipinski definition) is 1. The molecule has 0 aromatic heterocycles. The maximum atomic E-state index is 12.3. The van der Waals surface area contributed by atoms with Crippen LogP contribution in [0.1, 0.15) is 38.8 Å². The molecule has 106 valence electrons. The third kappa shape index (κ3) is 4.22. The summed E-state index contributed by atoms with van der Waals surface area (Å²) in [7, 11) is 1.77. The van der Waals surface area contributed by atoms with Gasteiger partial charge in [-0.3, -0.25) is 4.79 Å². The number of hydrogen-bond acceptors (Lipinski definition) is 2. The van der Waals surface area contributed by atoms with Crippen molar-refractivity contribution in [2.45, 2.75) is 39.3 Å². The smallest absolute Gasteiger partial charge is 0.239 e. The first kappa shape index (κ1) is 16.0. The molecule has 0 aliphatic rings. The minimum Gasteiger partial charge on any atom is -0.338 e. The minimum atomic E-state index is -0.449. The number of benzene rings is 1. The van der Waals surface area contributed by atoms with Gasteiger partial charge >= 0.3 is 0 Å². The summed E-state index contributed by atoms with van der Waals surface area (Å²) in [6.45, 7) is 6.08. The molecule has 1 aromatic carbocycles. The number of carbonyl (C=O) groups is 1. The van der Waals surface area contributed by atoms with Gasteiger partial charge in [-0.2, -0.15) is 0 Å². The lowest BCUT2D eigenvalue weighted by atomic mass is 10.0. The first-order chi connectivity index (χ1) is 8.84. The summed E-state index contributed by atoms with van der Waals surface area (Å²) in [5, 5.41) is 0.673. The molecule has 1 aromatic rings. The van der Waals surface area contributed by atoms with Crippen molar-refractivity contribution in [3.63, 3.8) is 0 Å². The van der Waals surface area contributed by atoms with Crippen molar-refractivity contribution >= 4 is 17.5 Å². The van der Waals surface area contributed by atoms with Gasteiger partial charge in [0.05, 0.1) is 12.1 Å². The van der Waals surface area contributed by atoms with Gasteiger partial charge < -0.3 is 10.6 Å². The number of likely N-dealkylation sites (N-methyl/N-ethyl adjacent to an activating group) is 1. The molecule has 1 rings (SSSR count). The Hall–Kier alpha value is -1.06. The summed E-state index contributed by atoms with van der Waals surface area (Å²) in [6, 6.07) is 7.04. The molecule has 0 aliphatic heterocycles. The molecule has 1 amide bonds. The van der Waals surface area contributed by atoms with E-state index in [2.05, 4.69) is 13.8 Å². The van der Waals surface area contributed by atoms with Gasteiger partial charge in [0.1, 0.15) is 0 Å². The van der Waals surface area contributed by atoms with Crippen molar-refractivity contribution in [1.29, 1.82) is 0 Å². The van der Waals surface area contributed by atoms with Gasteiger partial charge in [-0.1, -0.05) is 43.6 Å². The Labute approximate surface area is 120 Å². The van der Waals surface area contributed by atoms with Crippen LogP contribution in [0.15, 0.2) is 24.3 Å². The average molecular weight is 283 g/mol. The Balaban J connectivity index is 2.80. The molecule has 0 saturated carbocycles.